The van der Waals surface area contributed by atoms with Crippen molar-refractivity contribution in [1.82, 2.24) is 5.32 Å². The maximum absolute atomic E-state index is 8.76. The maximum atomic E-state index is 8.76. The second-order valence-electron chi connectivity index (χ2n) is 1.82. The van der Waals surface area contributed by atoms with Crippen LogP contribution in [0.15, 0.2) is 0 Å². The van der Waals surface area contributed by atoms with Gasteiger partial charge in [-0.3, -0.25) is 0 Å². The summed E-state index contributed by atoms with van der Waals surface area (Å²) in [5.41, 5.74) is 0. The van der Waals surface area contributed by atoms with Gasteiger partial charge in [-0.15, -0.1) is 0 Å². The van der Waals surface area contributed by atoms with Crippen LogP contribution in [0.4, 0.5) is 0 Å². The first-order valence-corrected chi connectivity index (χ1v) is 2.53. The molecular weight excluding hydrogens is 90.1 g/mol. The van der Waals surface area contributed by atoms with Gasteiger partial charge in [0.25, 0.3) is 0 Å². The zero-order valence-corrected chi connectivity index (χ0v) is 5.10. The average molecular weight is 103 g/mol. The lowest BCUT2D eigenvalue weighted by Crippen LogP contribution is -2.32. The number of hydrogen-bond donors (Lipinski definition) is 2. The molecule has 2 N–H and O–H groups in total. The molecule has 0 aliphatic rings. The van der Waals surface area contributed by atoms with E-state index in [-0.39, 0.29) is 12.1 Å². The Bertz CT molecular complexity index is 45.3. The zero-order valence-electron chi connectivity index (χ0n) is 5.10. The van der Waals surface area contributed by atoms with E-state index in [1.165, 1.54) is 0 Å². The monoisotopic (exact) mass is 103 g/mol. The van der Waals surface area contributed by atoms with E-state index >= 15 is 0 Å². The zero-order chi connectivity index (χ0) is 5.86. The van der Waals surface area contributed by atoms with Crippen molar-refractivity contribution in [1.29, 1.82) is 0 Å². The lowest BCUT2D eigenvalue weighted by molar-refractivity contribution is 0.157. The molecule has 0 saturated heterocycles. The van der Waals surface area contributed by atoms with Crippen molar-refractivity contribution < 1.29 is 5.11 Å². The molecule has 0 heterocycles. The van der Waals surface area contributed by atoms with Crippen molar-refractivity contribution in [3.05, 3.63) is 0 Å². The van der Waals surface area contributed by atoms with Gasteiger partial charge in [-0.25, -0.2) is 0 Å². The van der Waals surface area contributed by atoms with Gasteiger partial charge in [-0.05, 0) is 20.9 Å². The molecular formula is C5H13NO. The predicted molar refractivity (Wildman–Crippen MR) is 30.2 cm³/mol. The Kier molecular flexibility index (Phi) is 2.96. The molecule has 0 fully saturated rings. The second-order valence-corrected chi connectivity index (χ2v) is 1.82. The summed E-state index contributed by atoms with van der Waals surface area (Å²) in [7, 11) is 1.83. The van der Waals surface area contributed by atoms with Gasteiger partial charge in [-0.2, -0.15) is 0 Å². The fourth-order valence-electron chi connectivity index (χ4n) is 0.241. The number of likely N-dealkylation sites (N-methyl/N-ethyl adjacent to an activating group) is 1. The van der Waals surface area contributed by atoms with Crippen molar-refractivity contribution in [3.8, 4) is 0 Å². The second kappa shape index (κ2) is 2.99. The Morgan fingerprint density at radius 1 is 1.43 bits per heavy atom. The Morgan fingerprint density at radius 3 is 1.86 bits per heavy atom. The highest BCUT2D eigenvalue weighted by Crippen LogP contribution is 1.86. The Labute approximate surface area is 44.5 Å². The van der Waals surface area contributed by atoms with Crippen LogP contribution in [0.3, 0.4) is 0 Å². The molecule has 2 heteroatoms. The van der Waals surface area contributed by atoms with Crippen molar-refractivity contribution in [2.24, 2.45) is 0 Å². The molecule has 0 rings (SSSR count). The number of hydrogen-bond acceptors (Lipinski definition) is 2. The predicted octanol–water partition coefficient (Wildman–Crippen LogP) is -0.0249. The summed E-state index contributed by atoms with van der Waals surface area (Å²) in [6, 6.07) is 0.208. The third kappa shape index (κ3) is 2.60. The Hall–Kier alpha value is -0.0800. The van der Waals surface area contributed by atoms with E-state index in [2.05, 4.69) is 5.32 Å². The number of nitrogens with one attached hydrogen (secondary N) is 1. The Balaban J connectivity index is 3.14. The van der Waals surface area contributed by atoms with Crippen LogP contribution >= 0.6 is 0 Å². The van der Waals surface area contributed by atoms with E-state index in [1.807, 2.05) is 14.0 Å². The SMILES string of the molecule is CN[C@@H](C)C(C)O. The number of aliphatic hydroxyl groups is 1. The molecule has 7 heavy (non-hydrogen) atoms. The maximum Gasteiger partial charge on any atom is 0.0662 e. The molecule has 0 aliphatic carbocycles. The van der Waals surface area contributed by atoms with E-state index in [0.29, 0.717) is 0 Å². The first kappa shape index (κ1) is 6.92. The van der Waals surface area contributed by atoms with Crippen LogP contribution < -0.4 is 5.32 Å². The van der Waals surface area contributed by atoms with Crippen LogP contribution in [0.1, 0.15) is 13.8 Å². The summed E-state index contributed by atoms with van der Waals surface area (Å²) in [4.78, 5) is 0. The van der Waals surface area contributed by atoms with E-state index in [9.17, 15) is 0 Å². The van der Waals surface area contributed by atoms with Crippen LogP contribution in [0.25, 0.3) is 0 Å². The van der Waals surface area contributed by atoms with Gasteiger partial charge < -0.3 is 10.4 Å². The highest BCUT2D eigenvalue weighted by molar-refractivity contribution is 4.61. The van der Waals surface area contributed by atoms with E-state index in [1.54, 1.807) is 6.92 Å². The Morgan fingerprint density at radius 2 is 1.86 bits per heavy atom. The molecule has 0 amide bonds. The largest absolute Gasteiger partial charge is 0.392 e. The minimum atomic E-state index is -0.245. The molecule has 0 bridgehead atoms. The third-order valence-electron chi connectivity index (χ3n) is 1.18. The van der Waals surface area contributed by atoms with E-state index in [4.69, 9.17) is 5.11 Å². The van der Waals surface area contributed by atoms with Crippen molar-refractivity contribution in [2.75, 3.05) is 7.05 Å². The molecule has 2 nitrogen and oxygen atoms in total. The molecule has 0 aromatic carbocycles. The van der Waals surface area contributed by atoms with Crippen molar-refractivity contribution >= 4 is 0 Å². The minimum absolute atomic E-state index is 0.208. The topological polar surface area (TPSA) is 32.3 Å². The van der Waals surface area contributed by atoms with E-state index < -0.39 is 0 Å². The molecule has 1 unspecified atom stereocenters. The molecule has 0 saturated carbocycles. The van der Waals surface area contributed by atoms with E-state index in [0.717, 1.165) is 0 Å². The quantitative estimate of drug-likeness (QED) is 0.514. The van der Waals surface area contributed by atoms with Crippen LogP contribution in [0, 0.1) is 0 Å². The number of rotatable bonds is 2. The van der Waals surface area contributed by atoms with Crippen molar-refractivity contribution in [3.63, 3.8) is 0 Å². The fraction of sp³-hybridized carbons (Fsp3) is 1.00. The molecule has 0 aliphatic heterocycles. The van der Waals surface area contributed by atoms with Crippen LogP contribution in [0.2, 0.25) is 0 Å². The lowest BCUT2D eigenvalue weighted by atomic mass is 10.2. The third-order valence-corrected chi connectivity index (χ3v) is 1.18. The van der Waals surface area contributed by atoms with Crippen LogP contribution in [-0.2, 0) is 0 Å². The summed E-state index contributed by atoms with van der Waals surface area (Å²) >= 11 is 0. The first-order valence-electron chi connectivity index (χ1n) is 2.53. The van der Waals surface area contributed by atoms with Gasteiger partial charge in [0, 0.05) is 6.04 Å². The fourth-order valence-corrected chi connectivity index (χ4v) is 0.241. The molecule has 0 aromatic heterocycles. The van der Waals surface area contributed by atoms with Crippen LogP contribution in [-0.4, -0.2) is 24.3 Å². The lowest BCUT2D eigenvalue weighted by Gasteiger charge is -2.11. The van der Waals surface area contributed by atoms with Gasteiger partial charge in [0.2, 0.25) is 0 Å². The highest BCUT2D eigenvalue weighted by atomic mass is 16.3. The first-order chi connectivity index (χ1) is 3.18. The average Bonchev–Trinajstić information content (AvgIpc) is 1.65. The van der Waals surface area contributed by atoms with Gasteiger partial charge in [-0.1, -0.05) is 0 Å². The highest BCUT2D eigenvalue weighted by Gasteiger charge is 2.02. The van der Waals surface area contributed by atoms with Gasteiger partial charge >= 0.3 is 0 Å². The van der Waals surface area contributed by atoms with Gasteiger partial charge in [0.15, 0.2) is 0 Å². The van der Waals surface area contributed by atoms with Gasteiger partial charge in [0.1, 0.15) is 0 Å². The molecule has 0 aromatic rings. The minimum Gasteiger partial charge on any atom is -0.392 e. The molecule has 0 spiro atoms. The summed E-state index contributed by atoms with van der Waals surface area (Å²) in [6.07, 6.45) is -0.245. The summed E-state index contributed by atoms with van der Waals surface area (Å²) in [6.45, 7) is 3.70. The smallest absolute Gasteiger partial charge is 0.0662 e. The molecule has 2 atom stereocenters. The van der Waals surface area contributed by atoms with Crippen molar-refractivity contribution in [2.45, 2.75) is 26.0 Å². The molecule has 44 valence electrons. The summed E-state index contributed by atoms with van der Waals surface area (Å²) in [5.74, 6) is 0. The molecule has 0 radical (unpaired) electrons. The number of aliphatic hydroxyl groups excluding tert-OH is 1. The van der Waals surface area contributed by atoms with Gasteiger partial charge in [0.05, 0.1) is 6.10 Å². The summed E-state index contributed by atoms with van der Waals surface area (Å²) in [5, 5.41) is 11.7. The normalized spacial score (nSPS) is 18.9. The standard InChI is InChI=1S/C5H13NO/c1-4(6-3)5(2)7/h4-7H,1-3H3/t4-,5?/m0/s1. The van der Waals surface area contributed by atoms with Crippen LogP contribution in [0.5, 0.6) is 0 Å². The summed E-state index contributed by atoms with van der Waals surface area (Å²) < 4.78 is 0.